The molecule has 0 aliphatic heterocycles. The molecule has 0 saturated heterocycles. The average molecular weight is 192 g/mol. The molecule has 3 aliphatic rings. The third kappa shape index (κ3) is 1.86. The summed E-state index contributed by atoms with van der Waals surface area (Å²) in [6.07, 6.45) is 8.31. The van der Waals surface area contributed by atoms with E-state index in [1.54, 1.807) is 0 Å². The highest BCUT2D eigenvalue weighted by atomic mass is 16.5. The molecule has 3 fully saturated rings. The van der Waals surface area contributed by atoms with E-state index in [1.807, 2.05) is 0 Å². The van der Waals surface area contributed by atoms with Crippen LogP contribution in [0.1, 0.15) is 39.0 Å². The third-order valence-corrected chi connectivity index (χ3v) is 4.47. The molecule has 3 aliphatic carbocycles. The van der Waals surface area contributed by atoms with Gasteiger partial charge in [-0.3, -0.25) is 0 Å². The van der Waals surface area contributed by atoms with Crippen molar-refractivity contribution in [2.75, 3.05) is 0 Å². The van der Waals surface area contributed by atoms with E-state index >= 15 is 0 Å². The molecule has 78 valence electrons. The lowest BCUT2D eigenvalue weighted by Crippen LogP contribution is -2.19. The molecule has 0 radical (unpaired) electrons. The normalized spacial score (nSPS) is 40.6. The molecule has 0 heterocycles. The maximum Gasteiger partial charge on any atom is 0.109 e. The van der Waals surface area contributed by atoms with Crippen molar-refractivity contribution in [2.45, 2.75) is 57.1 Å². The Morgan fingerprint density at radius 2 is 1.93 bits per heavy atom. The van der Waals surface area contributed by atoms with Crippen molar-refractivity contribution < 1.29 is 4.74 Å². The predicted molar refractivity (Wildman–Crippen MR) is 60.2 cm³/mol. The first kappa shape index (κ1) is 9.27. The molecule has 4 unspecified atom stereocenters. The van der Waals surface area contributed by atoms with Crippen molar-refractivity contribution in [3.05, 3.63) is 0 Å². The molecule has 0 amide bonds. The van der Waals surface area contributed by atoms with Crippen molar-refractivity contribution in [1.82, 2.24) is 0 Å². The van der Waals surface area contributed by atoms with Crippen LogP contribution in [-0.4, -0.2) is 20.1 Å². The maximum atomic E-state index is 5.97. The summed E-state index contributed by atoms with van der Waals surface area (Å²) in [6.45, 7) is 2.28. The Kier molecular flexibility index (Phi) is 2.16. The minimum atomic E-state index is 0.510. The Bertz CT molecular complexity index is 220. The van der Waals surface area contributed by atoms with Gasteiger partial charge in [-0.1, -0.05) is 0 Å². The summed E-state index contributed by atoms with van der Waals surface area (Å²) in [5.74, 6) is 4.03. The maximum absolute atomic E-state index is 5.97. The van der Waals surface area contributed by atoms with E-state index in [0.29, 0.717) is 12.2 Å². The van der Waals surface area contributed by atoms with Crippen molar-refractivity contribution in [1.29, 1.82) is 0 Å². The Morgan fingerprint density at radius 3 is 2.50 bits per heavy atom. The molecule has 0 aromatic carbocycles. The first-order valence-electron chi connectivity index (χ1n) is 6.41. The van der Waals surface area contributed by atoms with Gasteiger partial charge in [0.2, 0.25) is 0 Å². The molecule has 3 saturated carbocycles. The molecule has 14 heavy (non-hydrogen) atoms. The van der Waals surface area contributed by atoms with E-state index in [0.717, 1.165) is 23.6 Å². The van der Waals surface area contributed by atoms with Gasteiger partial charge < -0.3 is 4.74 Å². The summed E-state index contributed by atoms with van der Waals surface area (Å²) in [7, 11) is 2.40. The van der Waals surface area contributed by atoms with Gasteiger partial charge in [0, 0.05) is 0 Å². The molecule has 4 atom stereocenters. The van der Waals surface area contributed by atoms with E-state index in [1.165, 1.54) is 32.1 Å². The average Bonchev–Trinajstić information content (AvgIpc) is 2.94. The highest BCUT2D eigenvalue weighted by Crippen LogP contribution is 2.59. The summed E-state index contributed by atoms with van der Waals surface area (Å²) in [4.78, 5) is 0. The summed E-state index contributed by atoms with van der Waals surface area (Å²) >= 11 is 0. The topological polar surface area (TPSA) is 9.23 Å². The van der Waals surface area contributed by atoms with E-state index in [9.17, 15) is 0 Å². The SMILES string of the molecule is BC(C(C)OC1CC1)C1CC1C1CC1. The molecule has 3 rings (SSSR count). The van der Waals surface area contributed by atoms with Crippen LogP contribution in [0.3, 0.4) is 0 Å². The standard InChI is InChI=1S/C12H21BO/c1-7(14-9-4-5-9)12(13)11-6-10(11)8-2-3-8/h7-12H,2-6,13H2,1H3. The fraction of sp³-hybridized carbons (Fsp3) is 1.00. The quantitative estimate of drug-likeness (QED) is 0.605. The van der Waals surface area contributed by atoms with E-state index < -0.39 is 0 Å². The van der Waals surface area contributed by atoms with Crippen LogP contribution in [-0.2, 0) is 4.74 Å². The smallest absolute Gasteiger partial charge is 0.109 e. The minimum absolute atomic E-state index is 0.510. The van der Waals surface area contributed by atoms with Gasteiger partial charge in [0.1, 0.15) is 7.85 Å². The second-order valence-corrected chi connectivity index (χ2v) is 5.80. The summed E-state index contributed by atoms with van der Waals surface area (Å²) in [5, 5.41) is 0. The molecule has 1 nitrogen and oxygen atoms in total. The van der Waals surface area contributed by atoms with Crippen LogP contribution in [0.4, 0.5) is 0 Å². The van der Waals surface area contributed by atoms with Crippen molar-refractivity contribution >= 4 is 7.85 Å². The summed E-state index contributed by atoms with van der Waals surface area (Å²) in [6, 6.07) is 0. The first-order chi connectivity index (χ1) is 6.75. The molecular formula is C12H21BO. The zero-order valence-electron chi connectivity index (χ0n) is 9.41. The van der Waals surface area contributed by atoms with Crippen LogP contribution in [0, 0.1) is 17.8 Å². The summed E-state index contributed by atoms with van der Waals surface area (Å²) < 4.78 is 5.97. The van der Waals surface area contributed by atoms with Gasteiger partial charge in [0.15, 0.2) is 0 Å². The van der Waals surface area contributed by atoms with E-state index in [4.69, 9.17) is 4.74 Å². The van der Waals surface area contributed by atoms with Crippen molar-refractivity contribution in [3.63, 3.8) is 0 Å². The Balaban J connectivity index is 1.46. The largest absolute Gasteiger partial charge is 0.376 e. The van der Waals surface area contributed by atoms with Crippen molar-refractivity contribution in [3.8, 4) is 0 Å². The zero-order chi connectivity index (χ0) is 9.71. The highest BCUT2D eigenvalue weighted by molar-refractivity contribution is 6.12. The number of hydrogen-bond acceptors (Lipinski definition) is 1. The Hall–Kier alpha value is 0.0249. The summed E-state index contributed by atoms with van der Waals surface area (Å²) in [5.41, 5.74) is 0. The number of hydrogen-bond donors (Lipinski definition) is 0. The van der Waals surface area contributed by atoms with Crippen LogP contribution in [0.2, 0.25) is 5.82 Å². The van der Waals surface area contributed by atoms with Crippen LogP contribution in [0.25, 0.3) is 0 Å². The molecule has 0 spiro atoms. The fourth-order valence-electron chi connectivity index (χ4n) is 2.89. The van der Waals surface area contributed by atoms with Gasteiger partial charge in [0.05, 0.1) is 12.2 Å². The lowest BCUT2D eigenvalue weighted by atomic mass is 9.77. The van der Waals surface area contributed by atoms with Crippen molar-refractivity contribution in [2.24, 2.45) is 17.8 Å². The Morgan fingerprint density at radius 1 is 1.21 bits per heavy atom. The first-order valence-corrected chi connectivity index (χ1v) is 6.41. The highest BCUT2D eigenvalue weighted by Gasteiger charge is 2.50. The van der Waals surface area contributed by atoms with Gasteiger partial charge >= 0.3 is 0 Å². The number of rotatable bonds is 5. The second-order valence-electron chi connectivity index (χ2n) is 5.80. The van der Waals surface area contributed by atoms with E-state index in [-0.39, 0.29) is 0 Å². The van der Waals surface area contributed by atoms with Gasteiger partial charge in [-0.05, 0) is 62.6 Å². The third-order valence-electron chi connectivity index (χ3n) is 4.47. The van der Waals surface area contributed by atoms with Gasteiger partial charge in [-0.25, -0.2) is 0 Å². The molecule has 0 bridgehead atoms. The van der Waals surface area contributed by atoms with E-state index in [2.05, 4.69) is 14.8 Å². The minimum Gasteiger partial charge on any atom is -0.376 e. The lowest BCUT2D eigenvalue weighted by Gasteiger charge is -2.20. The molecule has 0 aromatic rings. The van der Waals surface area contributed by atoms with Gasteiger partial charge in [-0.2, -0.15) is 0 Å². The van der Waals surface area contributed by atoms with Crippen LogP contribution < -0.4 is 0 Å². The fourth-order valence-corrected chi connectivity index (χ4v) is 2.89. The second kappa shape index (κ2) is 3.26. The molecular weight excluding hydrogens is 171 g/mol. The van der Waals surface area contributed by atoms with Crippen LogP contribution in [0.15, 0.2) is 0 Å². The lowest BCUT2D eigenvalue weighted by molar-refractivity contribution is 0.0430. The van der Waals surface area contributed by atoms with Gasteiger partial charge in [-0.15, -0.1) is 0 Å². The van der Waals surface area contributed by atoms with Crippen LogP contribution >= 0.6 is 0 Å². The number of ether oxygens (including phenoxy) is 1. The molecule has 0 aromatic heterocycles. The van der Waals surface area contributed by atoms with Gasteiger partial charge in [0.25, 0.3) is 0 Å². The molecule has 2 heteroatoms. The monoisotopic (exact) mass is 192 g/mol. The predicted octanol–water partition coefficient (Wildman–Crippen LogP) is 2.02. The van der Waals surface area contributed by atoms with Crippen LogP contribution in [0.5, 0.6) is 0 Å². The zero-order valence-corrected chi connectivity index (χ0v) is 9.41. The Labute approximate surface area is 88.0 Å². The molecule has 0 N–H and O–H groups in total.